The molecule has 92 valence electrons. The van der Waals surface area contributed by atoms with Crippen molar-refractivity contribution in [1.29, 1.82) is 0 Å². The van der Waals surface area contributed by atoms with E-state index in [1.54, 1.807) is 18.2 Å². The van der Waals surface area contributed by atoms with E-state index in [-0.39, 0.29) is 24.4 Å². The maximum absolute atomic E-state index is 12.0. The summed E-state index contributed by atoms with van der Waals surface area (Å²) in [7, 11) is 0. The molecule has 2 rings (SSSR count). The topological polar surface area (TPSA) is 26.3 Å². The minimum absolute atomic E-state index is 0.0820. The maximum atomic E-state index is 12.0. The summed E-state index contributed by atoms with van der Waals surface area (Å²) in [5.74, 6) is 0.0820. The lowest BCUT2D eigenvalue weighted by molar-refractivity contribution is -0.128. The second kappa shape index (κ2) is 5.38. The molecule has 1 heterocycles. The standard InChI is InChI=1S/C13H14Cl2O2/c1-8-2-5-13(17-8)12(16)7-9-6-10(14)3-4-11(9)15/h3-4,6,8,13H,2,5,7H2,1H3. The van der Waals surface area contributed by atoms with Gasteiger partial charge < -0.3 is 4.74 Å². The number of carbonyl (C=O) groups is 1. The Morgan fingerprint density at radius 2 is 2.18 bits per heavy atom. The van der Waals surface area contributed by atoms with E-state index in [1.165, 1.54) is 0 Å². The molecule has 1 aliphatic rings. The number of hydrogen-bond acceptors (Lipinski definition) is 2. The van der Waals surface area contributed by atoms with Crippen molar-refractivity contribution in [2.75, 3.05) is 0 Å². The molecule has 2 atom stereocenters. The Kier molecular flexibility index (Phi) is 4.08. The number of ketones is 1. The average Bonchev–Trinajstić information content (AvgIpc) is 2.70. The molecular weight excluding hydrogens is 259 g/mol. The van der Waals surface area contributed by atoms with Gasteiger partial charge >= 0.3 is 0 Å². The predicted molar refractivity (Wildman–Crippen MR) is 68.7 cm³/mol. The van der Waals surface area contributed by atoms with Gasteiger partial charge in [-0.25, -0.2) is 0 Å². The number of ether oxygens (including phenoxy) is 1. The van der Waals surface area contributed by atoms with Crippen molar-refractivity contribution in [3.63, 3.8) is 0 Å². The van der Waals surface area contributed by atoms with Gasteiger partial charge in [-0.2, -0.15) is 0 Å². The van der Waals surface area contributed by atoms with Crippen LogP contribution >= 0.6 is 23.2 Å². The fraction of sp³-hybridized carbons (Fsp3) is 0.462. The first-order valence-corrected chi connectivity index (χ1v) is 6.44. The lowest BCUT2D eigenvalue weighted by Gasteiger charge is -2.10. The molecule has 1 fully saturated rings. The molecule has 1 saturated heterocycles. The van der Waals surface area contributed by atoms with E-state index in [0.717, 1.165) is 18.4 Å². The van der Waals surface area contributed by atoms with E-state index in [4.69, 9.17) is 27.9 Å². The Bertz CT molecular complexity index is 431. The average molecular weight is 273 g/mol. The smallest absolute Gasteiger partial charge is 0.165 e. The van der Waals surface area contributed by atoms with Crippen molar-refractivity contribution in [2.24, 2.45) is 0 Å². The first-order valence-electron chi connectivity index (χ1n) is 5.68. The van der Waals surface area contributed by atoms with Crippen LogP contribution in [0.15, 0.2) is 18.2 Å². The van der Waals surface area contributed by atoms with Gasteiger partial charge in [0.05, 0.1) is 6.10 Å². The molecule has 1 aromatic rings. The van der Waals surface area contributed by atoms with E-state index < -0.39 is 0 Å². The summed E-state index contributed by atoms with van der Waals surface area (Å²) in [6, 6.07) is 5.16. The molecule has 1 aromatic carbocycles. The highest BCUT2D eigenvalue weighted by atomic mass is 35.5. The number of halogens is 2. The van der Waals surface area contributed by atoms with E-state index in [2.05, 4.69) is 0 Å². The normalized spacial score (nSPS) is 23.9. The number of benzene rings is 1. The van der Waals surface area contributed by atoms with Crippen molar-refractivity contribution in [1.82, 2.24) is 0 Å². The van der Waals surface area contributed by atoms with Crippen molar-refractivity contribution < 1.29 is 9.53 Å². The zero-order valence-electron chi connectivity index (χ0n) is 9.58. The summed E-state index contributed by atoms with van der Waals surface area (Å²) < 4.78 is 5.54. The third-order valence-electron chi connectivity index (χ3n) is 2.96. The molecule has 0 aliphatic carbocycles. The van der Waals surface area contributed by atoms with Crippen molar-refractivity contribution in [2.45, 2.75) is 38.4 Å². The van der Waals surface area contributed by atoms with Gasteiger partial charge in [0.25, 0.3) is 0 Å². The van der Waals surface area contributed by atoms with Crippen LogP contribution in [0.4, 0.5) is 0 Å². The van der Waals surface area contributed by atoms with Gasteiger partial charge in [0.2, 0.25) is 0 Å². The van der Waals surface area contributed by atoms with Gasteiger partial charge in [-0.3, -0.25) is 4.79 Å². The van der Waals surface area contributed by atoms with Gasteiger partial charge in [-0.15, -0.1) is 0 Å². The van der Waals surface area contributed by atoms with Crippen LogP contribution in [-0.2, 0) is 16.0 Å². The van der Waals surface area contributed by atoms with Crippen LogP contribution in [0.1, 0.15) is 25.3 Å². The fourth-order valence-electron chi connectivity index (χ4n) is 2.02. The molecule has 0 bridgehead atoms. The summed E-state index contributed by atoms with van der Waals surface area (Å²) in [5, 5.41) is 1.17. The summed E-state index contributed by atoms with van der Waals surface area (Å²) in [5.41, 5.74) is 0.771. The molecule has 0 radical (unpaired) electrons. The molecule has 1 aliphatic heterocycles. The Balaban J connectivity index is 2.05. The maximum Gasteiger partial charge on any atom is 0.165 e. The summed E-state index contributed by atoms with van der Waals surface area (Å²) in [4.78, 5) is 12.0. The van der Waals surface area contributed by atoms with E-state index >= 15 is 0 Å². The minimum Gasteiger partial charge on any atom is -0.367 e. The quantitative estimate of drug-likeness (QED) is 0.839. The number of Topliss-reactive ketones (excluding diaryl/α,β-unsaturated/α-hetero) is 1. The molecule has 17 heavy (non-hydrogen) atoms. The van der Waals surface area contributed by atoms with Gasteiger partial charge in [0, 0.05) is 16.5 Å². The van der Waals surface area contributed by atoms with Crippen LogP contribution in [0.25, 0.3) is 0 Å². The Labute approximate surface area is 111 Å². The highest BCUT2D eigenvalue weighted by Gasteiger charge is 2.28. The third-order valence-corrected chi connectivity index (χ3v) is 3.57. The van der Waals surface area contributed by atoms with Crippen LogP contribution in [0.3, 0.4) is 0 Å². The van der Waals surface area contributed by atoms with Gasteiger partial charge in [0.15, 0.2) is 5.78 Å². The zero-order chi connectivity index (χ0) is 12.4. The second-order valence-electron chi connectivity index (χ2n) is 4.39. The molecule has 0 amide bonds. The molecule has 0 N–H and O–H groups in total. The van der Waals surface area contributed by atoms with Crippen molar-refractivity contribution in [3.05, 3.63) is 33.8 Å². The molecule has 0 saturated carbocycles. The molecule has 0 aromatic heterocycles. The Morgan fingerprint density at radius 1 is 1.41 bits per heavy atom. The highest BCUT2D eigenvalue weighted by molar-refractivity contribution is 6.33. The van der Waals surface area contributed by atoms with E-state index in [1.807, 2.05) is 6.92 Å². The van der Waals surface area contributed by atoms with Gasteiger partial charge in [-0.1, -0.05) is 23.2 Å². The molecule has 2 nitrogen and oxygen atoms in total. The first kappa shape index (κ1) is 12.9. The Hall–Kier alpha value is -0.570. The van der Waals surface area contributed by atoms with Crippen LogP contribution in [0.5, 0.6) is 0 Å². The number of carbonyl (C=O) groups excluding carboxylic acids is 1. The van der Waals surface area contributed by atoms with Crippen LogP contribution in [-0.4, -0.2) is 18.0 Å². The van der Waals surface area contributed by atoms with Crippen LogP contribution in [0.2, 0.25) is 10.0 Å². The van der Waals surface area contributed by atoms with Crippen LogP contribution in [0, 0.1) is 0 Å². The highest BCUT2D eigenvalue weighted by Crippen LogP contribution is 2.25. The predicted octanol–water partition coefficient (Wildman–Crippen LogP) is 3.67. The SMILES string of the molecule is CC1CCC(C(=O)Cc2cc(Cl)ccc2Cl)O1. The Morgan fingerprint density at radius 3 is 2.82 bits per heavy atom. The lowest BCUT2D eigenvalue weighted by Crippen LogP contribution is -2.22. The zero-order valence-corrected chi connectivity index (χ0v) is 11.1. The van der Waals surface area contributed by atoms with Crippen molar-refractivity contribution >= 4 is 29.0 Å². The number of hydrogen-bond donors (Lipinski definition) is 0. The van der Waals surface area contributed by atoms with Gasteiger partial charge in [-0.05, 0) is 43.5 Å². The molecular formula is C13H14Cl2O2. The summed E-state index contributed by atoms with van der Waals surface area (Å²) in [6.07, 6.45) is 1.94. The molecule has 2 unspecified atom stereocenters. The number of rotatable bonds is 3. The minimum atomic E-state index is -0.278. The second-order valence-corrected chi connectivity index (χ2v) is 5.24. The molecule has 0 spiro atoms. The largest absolute Gasteiger partial charge is 0.367 e. The summed E-state index contributed by atoms with van der Waals surface area (Å²) >= 11 is 11.9. The monoisotopic (exact) mass is 272 g/mol. The third kappa shape index (κ3) is 3.21. The van der Waals surface area contributed by atoms with E-state index in [0.29, 0.717) is 10.0 Å². The van der Waals surface area contributed by atoms with Crippen molar-refractivity contribution in [3.8, 4) is 0 Å². The fourth-order valence-corrected chi connectivity index (χ4v) is 2.40. The summed E-state index contributed by atoms with van der Waals surface area (Å²) in [6.45, 7) is 1.99. The first-order chi connectivity index (χ1) is 8.06. The van der Waals surface area contributed by atoms with E-state index in [9.17, 15) is 4.79 Å². The van der Waals surface area contributed by atoms with Gasteiger partial charge in [0.1, 0.15) is 6.10 Å². The van der Waals surface area contributed by atoms with Crippen LogP contribution < -0.4 is 0 Å². The molecule has 4 heteroatoms. The lowest BCUT2D eigenvalue weighted by atomic mass is 10.0.